The summed E-state index contributed by atoms with van der Waals surface area (Å²) in [6, 6.07) is 3.38. The number of hydrogen-bond acceptors (Lipinski definition) is 3. The van der Waals surface area contributed by atoms with E-state index in [0.29, 0.717) is 24.2 Å². The number of amides is 1. The Balaban J connectivity index is 1.97. The van der Waals surface area contributed by atoms with Crippen molar-refractivity contribution in [3.63, 3.8) is 0 Å². The van der Waals surface area contributed by atoms with Gasteiger partial charge >= 0.3 is 0 Å². The minimum atomic E-state index is -0.972. The Kier molecular flexibility index (Phi) is 2.38. The molecule has 98 valence electrons. The van der Waals surface area contributed by atoms with Crippen LogP contribution in [-0.4, -0.2) is 21.1 Å². The van der Waals surface area contributed by atoms with Gasteiger partial charge in [-0.2, -0.15) is 5.10 Å². The Hall–Kier alpha value is -2.31. The van der Waals surface area contributed by atoms with Gasteiger partial charge in [-0.15, -0.1) is 0 Å². The maximum Gasteiger partial charge on any atom is 0.231 e. The molecule has 3 rings (SSSR count). The van der Waals surface area contributed by atoms with Crippen molar-refractivity contribution in [1.29, 1.82) is 0 Å². The number of benzene rings is 1. The predicted molar refractivity (Wildman–Crippen MR) is 61.8 cm³/mol. The lowest BCUT2D eigenvalue weighted by Gasteiger charge is -2.04. The standard InChI is InChI=1S/C12H10F2N4O/c13-7-2-1-6(5-8(7)14)9-16-11(18-17-9)12(3-4-12)10(15)19/h1-2,5H,3-4H2,(H2,15,19)(H,16,17,18). The second-order valence-electron chi connectivity index (χ2n) is 4.58. The van der Waals surface area contributed by atoms with Crippen LogP contribution in [0.15, 0.2) is 18.2 Å². The Bertz CT molecular complexity index is 663. The highest BCUT2D eigenvalue weighted by Gasteiger charge is 2.53. The zero-order valence-corrected chi connectivity index (χ0v) is 9.78. The molecule has 19 heavy (non-hydrogen) atoms. The van der Waals surface area contributed by atoms with E-state index >= 15 is 0 Å². The molecule has 0 spiro atoms. The topological polar surface area (TPSA) is 84.7 Å². The highest BCUT2D eigenvalue weighted by Crippen LogP contribution is 2.46. The molecular weight excluding hydrogens is 254 g/mol. The molecule has 1 saturated carbocycles. The molecule has 5 nitrogen and oxygen atoms in total. The van der Waals surface area contributed by atoms with E-state index < -0.39 is 23.0 Å². The quantitative estimate of drug-likeness (QED) is 0.875. The van der Waals surface area contributed by atoms with Crippen LogP contribution in [0.4, 0.5) is 8.78 Å². The van der Waals surface area contributed by atoms with Crippen molar-refractivity contribution in [3.05, 3.63) is 35.7 Å². The first kappa shape index (κ1) is 11.8. The number of aromatic nitrogens is 3. The van der Waals surface area contributed by atoms with Gasteiger partial charge in [0, 0.05) is 5.56 Å². The summed E-state index contributed by atoms with van der Waals surface area (Å²) in [6.45, 7) is 0. The number of rotatable bonds is 3. The van der Waals surface area contributed by atoms with Gasteiger partial charge in [0.05, 0.1) is 0 Å². The molecule has 7 heteroatoms. The molecule has 1 fully saturated rings. The number of carbonyl (C=O) groups excluding carboxylic acids is 1. The van der Waals surface area contributed by atoms with E-state index in [1.807, 2.05) is 0 Å². The molecular formula is C12H10F2N4O. The monoisotopic (exact) mass is 264 g/mol. The van der Waals surface area contributed by atoms with Gasteiger partial charge in [-0.05, 0) is 31.0 Å². The van der Waals surface area contributed by atoms with Gasteiger partial charge in [-0.25, -0.2) is 13.8 Å². The summed E-state index contributed by atoms with van der Waals surface area (Å²) in [7, 11) is 0. The van der Waals surface area contributed by atoms with Crippen molar-refractivity contribution in [2.45, 2.75) is 18.3 Å². The third kappa shape index (κ3) is 1.78. The summed E-state index contributed by atoms with van der Waals surface area (Å²) in [6.07, 6.45) is 1.24. The van der Waals surface area contributed by atoms with Crippen molar-refractivity contribution in [3.8, 4) is 11.4 Å². The smallest absolute Gasteiger partial charge is 0.231 e. The first-order chi connectivity index (χ1) is 9.03. The number of nitrogens with two attached hydrogens (primary N) is 1. The Labute approximate surface area is 106 Å². The van der Waals surface area contributed by atoms with E-state index in [9.17, 15) is 13.6 Å². The van der Waals surface area contributed by atoms with E-state index in [2.05, 4.69) is 15.2 Å². The van der Waals surface area contributed by atoms with Crippen LogP contribution in [0.1, 0.15) is 18.7 Å². The van der Waals surface area contributed by atoms with Gasteiger partial charge in [0.25, 0.3) is 0 Å². The zero-order valence-electron chi connectivity index (χ0n) is 9.78. The molecule has 0 radical (unpaired) electrons. The number of nitrogens with one attached hydrogen (secondary N) is 1. The second-order valence-corrected chi connectivity index (χ2v) is 4.58. The second kappa shape index (κ2) is 3.84. The Morgan fingerprint density at radius 2 is 2.05 bits per heavy atom. The third-order valence-electron chi connectivity index (χ3n) is 3.34. The summed E-state index contributed by atoms with van der Waals surface area (Å²) in [5, 5.41) is 6.56. The first-order valence-corrected chi connectivity index (χ1v) is 5.71. The Morgan fingerprint density at radius 1 is 1.32 bits per heavy atom. The van der Waals surface area contributed by atoms with E-state index in [1.54, 1.807) is 0 Å². The molecule has 1 aliphatic carbocycles. The average Bonchev–Trinajstić information content (AvgIpc) is 3.05. The molecule has 3 N–H and O–H groups in total. The summed E-state index contributed by atoms with van der Waals surface area (Å²) in [4.78, 5) is 15.5. The third-order valence-corrected chi connectivity index (χ3v) is 3.34. The fraction of sp³-hybridized carbons (Fsp3) is 0.250. The molecule has 1 amide bonds. The van der Waals surface area contributed by atoms with Gasteiger partial charge in [-0.1, -0.05) is 0 Å². The SMILES string of the molecule is NC(=O)C1(c2nc(-c3ccc(F)c(F)c3)n[nH]2)CC1. The van der Waals surface area contributed by atoms with Gasteiger partial charge in [0.1, 0.15) is 11.2 Å². The van der Waals surface area contributed by atoms with Crippen LogP contribution < -0.4 is 5.73 Å². The molecule has 1 aromatic heterocycles. The van der Waals surface area contributed by atoms with Crippen molar-refractivity contribution >= 4 is 5.91 Å². The van der Waals surface area contributed by atoms with Crippen molar-refractivity contribution in [2.75, 3.05) is 0 Å². The molecule has 0 atom stereocenters. The van der Waals surface area contributed by atoms with Crippen molar-refractivity contribution in [2.24, 2.45) is 5.73 Å². The summed E-state index contributed by atoms with van der Waals surface area (Å²) in [5.74, 6) is -1.78. The molecule has 1 aromatic carbocycles. The molecule has 0 unspecified atom stereocenters. The van der Waals surface area contributed by atoms with E-state index in [-0.39, 0.29) is 5.82 Å². The normalized spacial score (nSPS) is 16.3. The summed E-state index contributed by atoms with van der Waals surface area (Å²) in [5.41, 5.74) is 4.88. The van der Waals surface area contributed by atoms with Gasteiger partial charge in [-0.3, -0.25) is 9.89 Å². The first-order valence-electron chi connectivity index (χ1n) is 5.71. The summed E-state index contributed by atoms with van der Waals surface area (Å²) < 4.78 is 26.0. The van der Waals surface area contributed by atoms with E-state index in [1.165, 1.54) is 6.07 Å². The predicted octanol–water partition coefficient (Wildman–Crippen LogP) is 1.27. The zero-order chi connectivity index (χ0) is 13.6. The Morgan fingerprint density at radius 3 is 2.63 bits per heavy atom. The minimum absolute atomic E-state index is 0.210. The van der Waals surface area contributed by atoms with Crippen molar-refractivity contribution < 1.29 is 13.6 Å². The minimum Gasteiger partial charge on any atom is -0.369 e. The van der Waals surface area contributed by atoms with Crippen LogP contribution in [0.3, 0.4) is 0 Å². The average molecular weight is 264 g/mol. The fourth-order valence-corrected chi connectivity index (χ4v) is 1.97. The maximum atomic E-state index is 13.1. The van der Waals surface area contributed by atoms with E-state index in [0.717, 1.165) is 12.1 Å². The van der Waals surface area contributed by atoms with Crippen LogP contribution in [-0.2, 0) is 10.2 Å². The molecule has 0 saturated heterocycles. The lowest BCUT2D eigenvalue weighted by molar-refractivity contribution is -0.120. The van der Waals surface area contributed by atoms with Crippen LogP contribution in [0.5, 0.6) is 0 Å². The lowest BCUT2D eigenvalue weighted by atomic mass is 10.1. The number of halogens is 2. The lowest BCUT2D eigenvalue weighted by Crippen LogP contribution is -2.29. The number of nitrogens with zero attached hydrogens (tertiary/aromatic N) is 2. The number of hydrogen-bond donors (Lipinski definition) is 2. The van der Waals surface area contributed by atoms with Crippen LogP contribution in [0, 0.1) is 11.6 Å². The largest absolute Gasteiger partial charge is 0.369 e. The molecule has 0 aliphatic heterocycles. The summed E-state index contributed by atoms with van der Waals surface area (Å²) >= 11 is 0. The van der Waals surface area contributed by atoms with Crippen LogP contribution in [0.25, 0.3) is 11.4 Å². The van der Waals surface area contributed by atoms with Crippen molar-refractivity contribution in [1.82, 2.24) is 15.2 Å². The number of primary amides is 1. The number of carbonyl (C=O) groups is 1. The fourth-order valence-electron chi connectivity index (χ4n) is 1.97. The highest BCUT2D eigenvalue weighted by molar-refractivity contribution is 5.88. The molecule has 0 bridgehead atoms. The maximum absolute atomic E-state index is 13.1. The molecule has 1 heterocycles. The highest BCUT2D eigenvalue weighted by atomic mass is 19.2. The van der Waals surface area contributed by atoms with Gasteiger partial charge in [0.15, 0.2) is 17.5 Å². The van der Waals surface area contributed by atoms with E-state index in [4.69, 9.17) is 5.73 Å². The number of aromatic amines is 1. The molecule has 2 aromatic rings. The van der Waals surface area contributed by atoms with Crippen LogP contribution >= 0.6 is 0 Å². The number of H-pyrrole nitrogens is 1. The van der Waals surface area contributed by atoms with Gasteiger partial charge < -0.3 is 5.73 Å². The van der Waals surface area contributed by atoms with Crippen LogP contribution in [0.2, 0.25) is 0 Å². The van der Waals surface area contributed by atoms with Gasteiger partial charge in [0.2, 0.25) is 5.91 Å². The molecule has 1 aliphatic rings.